The van der Waals surface area contributed by atoms with E-state index in [1.165, 1.54) is 18.2 Å². The second-order valence-corrected chi connectivity index (χ2v) is 4.78. The summed E-state index contributed by atoms with van der Waals surface area (Å²) in [6.45, 7) is 2.33. The summed E-state index contributed by atoms with van der Waals surface area (Å²) in [7, 11) is 0. The van der Waals surface area contributed by atoms with Gasteiger partial charge in [0.05, 0.1) is 11.3 Å². The molecule has 0 radical (unpaired) electrons. The summed E-state index contributed by atoms with van der Waals surface area (Å²) in [4.78, 5) is 23.9. The van der Waals surface area contributed by atoms with E-state index in [9.17, 15) is 14.0 Å². The minimum atomic E-state index is -0.369. The van der Waals surface area contributed by atoms with Gasteiger partial charge in [0.1, 0.15) is 5.82 Å². The van der Waals surface area contributed by atoms with Crippen molar-refractivity contribution < 1.29 is 14.0 Å². The summed E-state index contributed by atoms with van der Waals surface area (Å²) in [5.41, 5.74) is 1.55. The highest BCUT2D eigenvalue weighted by atomic mass is 19.1. The van der Waals surface area contributed by atoms with Crippen LogP contribution in [0.4, 0.5) is 10.1 Å². The zero-order valence-electron chi connectivity index (χ0n) is 12.7. The van der Waals surface area contributed by atoms with Crippen molar-refractivity contribution in [3.05, 3.63) is 71.6 Å². The minimum absolute atomic E-state index is 0.245. The first kappa shape index (κ1) is 16.4. The molecule has 0 aliphatic carbocycles. The number of nitrogens with one attached hydrogen (secondary N) is 2. The molecule has 0 saturated heterocycles. The zero-order valence-corrected chi connectivity index (χ0v) is 12.7. The molecule has 0 spiro atoms. The van der Waals surface area contributed by atoms with Gasteiger partial charge in [-0.15, -0.1) is 0 Å². The molecule has 2 N–H and O–H groups in total. The van der Waals surface area contributed by atoms with Crippen LogP contribution in [0.2, 0.25) is 0 Å². The maximum atomic E-state index is 12.8. The molecule has 23 heavy (non-hydrogen) atoms. The van der Waals surface area contributed by atoms with Gasteiger partial charge in [-0.3, -0.25) is 9.59 Å². The fraction of sp³-hybridized carbons (Fsp3) is 0.111. The standard InChI is InChI=1S/C18H17FN2O2/c1-2-20-18(23)15-5-3-4-6-16(15)21-17(22)12-9-13-7-10-14(19)11-8-13/h3-12H,2H2,1H3,(H,20,23)(H,21,22)/b12-9+. The molecule has 0 fully saturated rings. The molecular weight excluding hydrogens is 295 g/mol. The van der Waals surface area contributed by atoms with Crippen molar-refractivity contribution >= 4 is 23.6 Å². The normalized spacial score (nSPS) is 10.5. The van der Waals surface area contributed by atoms with E-state index in [0.29, 0.717) is 23.4 Å². The number of rotatable bonds is 5. The molecule has 118 valence electrons. The first-order valence-corrected chi connectivity index (χ1v) is 7.22. The number of hydrogen-bond donors (Lipinski definition) is 2. The Kier molecular flexibility index (Phi) is 5.63. The van der Waals surface area contributed by atoms with E-state index < -0.39 is 0 Å². The van der Waals surface area contributed by atoms with Gasteiger partial charge in [-0.05, 0) is 42.8 Å². The van der Waals surface area contributed by atoms with Crippen LogP contribution in [-0.4, -0.2) is 18.4 Å². The topological polar surface area (TPSA) is 58.2 Å². The van der Waals surface area contributed by atoms with Gasteiger partial charge in [-0.2, -0.15) is 0 Å². The molecule has 0 unspecified atom stereocenters. The highest BCUT2D eigenvalue weighted by Gasteiger charge is 2.10. The molecule has 0 heterocycles. The predicted molar refractivity (Wildman–Crippen MR) is 88.5 cm³/mol. The number of para-hydroxylation sites is 1. The Bertz CT molecular complexity index is 724. The minimum Gasteiger partial charge on any atom is -0.352 e. The Balaban J connectivity index is 2.08. The third-order valence-electron chi connectivity index (χ3n) is 3.06. The summed E-state index contributed by atoms with van der Waals surface area (Å²) < 4.78 is 12.8. The molecular formula is C18H17FN2O2. The van der Waals surface area contributed by atoms with Crippen LogP contribution in [0.1, 0.15) is 22.8 Å². The number of amides is 2. The van der Waals surface area contributed by atoms with Crippen molar-refractivity contribution in [2.75, 3.05) is 11.9 Å². The van der Waals surface area contributed by atoms with Gasteiger partial charge in [-0.1, -0.05) is 24.3 Å². The highest BCUT2D eigenvalue weighted by Crippen LogP contribution is 2.15. The number of benzene rings is 2. The summed E-state index contributed by atoms with van der Waals surface area (Å²) in [6.07, 6.45) is 2.91. The first-order chi connectivity index (χ1) is 11.1. The summed E-state index contributed by atoms with van der Waals surface area (Å²) >= 11 is 0. The molecule has 0 aliphatic heterocycles. The third kappa shape index (κ3) is 4.78. The largest absolute Gasteiger partial charge is 0.352 e. The van der Waals surface area contributed by atoms with Crippen LogP contribution >= 0.6 is 0 Å². The molecule has 2 aromatic carbocycles. The average Bonchev–Trinajstić information content (AvgIpc) is 2.55. The Morgan fingerprint density at radius 3 is 2.48 bits per heavy atom. The van der Waals surface area contributed by atoms with E-state index in [4.69, 9.17) is 0 Å². The van der Waals surface area contributed by atoms with Gasteiger partial charge in [0.15, 0.2) is 0 Å². The van der Waals surface area contributed by atoms with Gasteiger partial charge in [0.25, 0.3) is 5.91 Å². The molecule has 5 heteroatoms. The smallest absolute Gasteiger partial charge is 0.253 e. The molecule has 4 nitrogen and oxygen atoms in total. The van der Waals surface area contributed by atoms with Crippen molar-refractivity contribution in [1.29, 1.82) is 0 Å². The average molecular weight is 312 g/mol. The number of anilines is 1. The van der Waals surface area contributed by atoms with E-state index >= 15 is 0 Å². The molecule has 0 atom stereocenters. The zero-order chi connectivity index (χ0) is 16.7. The lowest BCUT2D eigenvalue weighted by Crippen LogP contribution is -2.24. The van der Waals surface area contributed by atoms with Gasteiger partial charge in [0.2, 0.25) is 5.91 Å². The third-order valence-corrected chi connectivity index (χ3v) is 3.06. The fourth-order valence-corrected chi connectivity index (χ4v) is 1.97. The number of halogens is 1. The maximum Gasteiger partial charge on any atom is 0.253 e. The number of carbonyl (C=O) groups excluding carboxylic acids is 2. The lowest BCUT2D eigenvalue weighted by atomic mass is 10.1. The number of hydrogen-bond acceptors (Lipinski definition) is 2. The fourth-order valence-electron chi connectivity index (χ4n) is 1.97. The summed E-state index contributed by atoms with van der Waals surface area (Å²) in [6, 6.07) is 12.6. The Labute approximate surface area is 134 Å². The molecule has 0 aromatic heterocycles. The van der Waals surface area contributed by atoms with E-state index in [1.807, 2.05) is 6.92 Å². The van der Waals surface area contributed by atoms with Crippen molar-refractivity contribution in [2.24, 2.45) is 0 Å². The monoisotopic (exact) mass is 312 g/mol. The predicted octanol–water partition coefficient (Wildman–Crippen LogP) is 3.23. The van der Waals surface area contributed by atoms with E-state index in [1.54, 1.807) is 42.5 Å². The van der Waals surface area contributed by atoms with E-state index in [0.717, 1.165) is 0 Å². The number of carbonyl (C=O) groups is 2. The van der Waals surface area contributed by atoms with E-state index in [2.05, 4.69) is 10.6 Å². The van der Waals surface area contributed by atoms with Crippen LogP contribution in [-0.2, 0) is 4.79 Å². The van der Waals surface area contributed by atoms with Crippen LogP contribution in [0.15, 0.2) is 54.6 Å². The van der Waals surface area contributed by atoms with Crippen LogP contribution < -0.4 is 10.6 Å². The van der Waals surface area contributed by atoms with Crippen LogP contribution in [0.3, 0.4) is 0 Å². The lowest BCUT2D eigenvalue weighted by molar-refractivity contribution is -0.111. The van der Waals surface area contributed by atoms with Crippen molar-refractivity contribution in [3.8, 4) is 0 Å². The van der Waals surface area contributed by atoms with Crippen molar-refractivity contribution in [3.63, 3.8) is 0 Å². The summed E-state index contributed by atoms with van der Waals surface area (Å²) in [5.74, 6) is -0.945. The Morgan fingerprint density at radius 2 is 1.78 bits per heavy atom. The molecule has 2 aromatic rings. The van der Waals surface area contributed by atoms with Crippen LogP contribution in [0.5, 0.6) is 0 Å². The summed E-state index contributed by atoms with van der Waals surface area (Å²) in [5, 5.41) is 5.37. The van der Waals surface area contributed by atoms with Gasteiger partial charge < -0.3 is 10.6 Å². The second kappa shape index (κ2) is 7.89. The molecule has 0 bridgehead atoms. The molecule has 0 saturated carbocycles. The van der Waals surface area contributed by atoms with Crippen molar-refractivity contribution in [1.82, 2.24) is 5.32 Å². The molecule has 2 amide bonds. The van der Waals surface area contributed by atoms with Gasteiger partial charge >= 0.3 is 0 Å². The Hall–Kier alpha value is -2.95. The highest BCUT2D eigenvalue weighted by molar-refractivity contribution is 6.07. The van der Waals surface area contributed by atoms with Crippen LogP contribution in [0.25, 0.3) is 6.08 Å². The van der Waals surface area contributed by atoms with Crippen LogP contribution in [0, 0.1) is 5.82 Å². The molecule has 2 rings (SSSR count). The first-order valence-electron chi connectivity index (χ1n) is 7.22. The van der Waals surface area contributed by atoms with E-state index in [-0.39, 0.29) is 17.6 Å². The maximum absolute atomic E-state index is 12.8. The lowest BCUT2D eigenvalue weighted by Gasteiger charge is -2.09. The molecule has 0 aliphatic rings. The van der Waals surface area contributed by atoms with Gasteiger partial charge in [-0.25, -0.2) is 4.39 Å². The quantitative estimate of drug-likeness (QED) is 0.833. The van der Waals surface area contributed by atoms with Gasteiger partial charge in [0, 0.05) is 12.6 Å². The SMILES string of the molecule is CCNC(=O)c1ccccc1NC(=O)/C=C/c1ccc(F)cc1. The Morgan fingerprint density at radius 1 is 1.09 bits per heavy atom. The second-order valence-electron chi connectivity index (χ2n) is 4.78. The van der Waals surface area contributed by atoms with Crippen molar-refractivity contribution in [2.45, 2.75) is 6.92 Å².